The number of allylic oxidation sites excluding steroid dienone is 2. The molecule has 1 heterocycles. The molecule has 0 radical (unpaired) electrons. The van der Waals surface area contributed by atoms with Crippen molar-refractivity contribution in [2.75, 3.05) is 0 Å². The molecular formula is C18H15NO2. The lowest BCUT2D eigenvalue weighted by Crippen LogP contribution is -2.10. The smallest absolute Gasteiger partial charge is 0.115 e. The van der Waals surface area contributed by atoms with Crippen LogP contribution in [0.25, 0.3) is 5.57 Å². The second kappa shape index (κ2) is 5.77. The summed E-state index contributed by atoms with van der Waals surface area (Å²) in [7, 11) is 0. The Bertz CT molecular complexity index is 713. The average molecular weight is 277 g/mol. The highest BCUT2D eigenvalue weighted by molar-refractivity contribution is 5.83. The molecular weight excluding hydrogens is 262 g/mol. The van der Waals surface area contributed by atoms with E-state index in [2.05, 4.69) is 4.98 Å². The molecule has 0 saturated carbocycles. The van der Waals surface area contributed by atoms with Gasteiger partial charge in [0.15, 0.2) is 0 Å². The van der Waals surface area contributed by atoms with Gasteiger partial charge in [0.25, 0.3) is 0 Å². The maximum Gasteiger partial charge on any atom is 0.115 e. The van der Waals surface area contributed by atoms with Crippen molar-refractivity contribution >= 4 is 5.57 Å². The quantitative estimate of drug-likeness (QED) is 0.887. The Morgan fingerprint density at radius 3 is 2.48 bits per heavy atom. The molecule has 1 aromatic heterocycles. The van der Waals surface area contributed by atoms with Gasteiger partial charge in [0.1, 0.15) is 5.75 Å². The summed E-state index contributed by atoms with van der Waals surface area (Å²) in [5, 5.41) is 19.7. The van der Waals surface area contributed by atoms with Crippen molar-refractivity contribution in [2.45, 2.75) is 6.10 Å². The van der Waals surface area contributed by atoms with Gasteiger partial charge in [-0.1, -0.05) is 42.5 Å². The van der Waals surface area contributed by atoms with E-state index in [0.29, 0.717) is 0 Å². The summed E-state index contributed by atoms with van der Waals surface area (Å²) in [5.41, 5.74) is 3.35. The van der Waals surface area contributed by atoms with E-state index >= 15 is 0 Å². The molecule has 0 bridgehead atoms. The summed E-state index contributed by atoms with van der Waals surface area (Å²) < 4.78 is 0. The molecule has 0 fully saturated rings. The van der Waals surface area contributed by atoms with Crippen LogP contribution in [-0.4, -0.2) is 21.3 Å². The van der Waals surface area contributed by atoms with Crippen LogP contribution in [0, 0.1) is 0 Å². The number of rotatable bonds is 2. The Hall–Kier alpha value is -2.65. The molecule has 1 aliphatic carbocycles. The third kappa shape index (κ3) is 2.78. The van der Waals surface area contributed by atoms with Gasteiger partial charge in [-0.3, -0.25) is 4.98 Å². The fourth-order valence-corrected chi connectivity index (χ4v) is 2.36. The molecule has 1 unspecified atom stereocenters. The van der Waals surface area contributed by atoms with Crippen LogP contribution in [0.2, 0.25) is 0 Å². The summed E-state index contributed by atoms with van der Waals surface area (Å²) in [6.07, 6.45) is 8.40. The number of hydrogen-bond acceptors (Lipinski definition) is 3. The molecule has 0 aliphatic heterocycles. The van der Waals surface area contributed by atoms with Crippen LogP contribution in [-0.2, 0) is 0 Å². The number of aromatic hydroxyl groups is 1. The van der Waals surface area contributed by atoms with E-state index in [1.165, 1.54) is 0 Å². The highest BCUT2D eigenvalue weighted by atomic mass is 16.3. The van der Waals surface area contributed by atoms with Crippen LogP contribution in [0.1, 0.15) is 11.3 Å². The van der Waals surface area contributed by atoms with E-state index in [-0.39, 0.29) is 5.75 Å². The van der Waals surface area contributed by atoms with Crippen LogP contribution < -0.4 is 0 Å². The van der Waals surface area contributed by atoms with Crippen LogP contribution in [0.5, 0.6) is 5.75 Å². The average Bonchev–Trinajstić information content (AvgIpc) is 2.52. The number of benzene rings is 1. The van der Waals surface area contributed by atoms with Gasteiger partial charge >= 0.3 is 0 Å². The monoisotopic (exact) mass is 277 g/mol. The van der Waals surface area contributed by atoms with E-state index in [4.69, 9.17) is 0 Å². The van der Waals surface area contributed by atoms with Crippen LogP contribution in [0.15, 0.2) is 78.5 Å². The lowest BCUT2D eigenvalue weighted by Gasteiger charge is -2.17. The standard InChI is InChI=1S/C18H15NO2/c20-14-10-8-13(9-11-14)18(16-6-3-4-12-19-16)15-5-1-2-7-17(15)21/h1-12,17,20-21H. The highest BCUT2D eigenvalue weighted by Gasteiger charge is 2.17. The molecule has 1 aromatic carbocycles. The second-order valence-electron chi connectivity index (χ2n) is 4.78. The third-order valence-corrected chi connectivity index (χ3v) is 3.36. The Kier molecular flexibility index (Phi) is 3.67. The van der Waals surface area contributed by atoms with Crippen LogP contribution >= 0.6 is 0 Å². The number of phenols is 1. The molecule has 0 spiro atoms. The van der Waals surface area contributed by atoms with Gasteiger partial charge in [-0.25, -0.2) is 0 Å². The zero-order chi connectivity index (χ0) is 14.7. The summed E-state index contributed by atoms with van der Waals surface area (Å²) in [6.45, 7) is 0. The van der Waals surface area contributed by atoms with Crippen molar-refractivity contribution in [3.63, 3.8) is 0 Å². The number of aliphatic hydroxyl groups excluding tert-OH is 1. The molecule has 104 valence electrons. The van der Waals surface area contributed by atoms with Gasteiger partial charge in [0.2, 0.25) is 0 Å². The van der Waals surface area contributed by atoms with Gasteiger partial charge in [-0.05, 0) is 35.4 Å². The Morgan fingerprint density at radius 1 is 1.00 bits per heavy atom. The van der Waals surface area contributed by atoms with Gasteiger partial charge < -0.3 is 10.2 Å². The summed E-state index contributed by atoms with van der Waals surface area (Å²) in [6, 6.07) is 12.6. The first-order valence-corrected chi connectivity index (χ1v) is 6.73. The minimum atomic E-state index is -0.666. The van der Waals surface area contributed by atoms with E-state index in [0.717, 1.165) is 22.4 Å². The van der Waals surface area contributed by atoms with Crippen molar-refractivity contribution in [2.24, 2.45) is 0 Å². The van der Waals surface area contributed by atoms with Crippen molar-refractivity contribution in [1.29, 1.82) is 0 Å². The molecule has 1 atom stereocenters. The third-order valence-electron chi connectivity index (χ3n) is 3.36. The number of pyridine rings is 1. The maximum atomic E-state index is 10.2. The SMILES string of the molecule is Oc1ccc(C(=C2C=CC=CC2O)c2ccccn2)cc1. The maximum absolute atomic E-state index is 10.2. The first-order chi connectivity index (χ1) is 10.3. The molecule has 3 heteroatoms. The Labute approximate surface area is 123 Å². The second-order valence-corrected chi connectivity index (χ2v) is 4.78. The van der Waals surface area contributed by atoms with Crippen molar-refractivity contribution in [3.8, 4) is 5.75 Å². The first kappa shape index (κ1) is 13.3. The van der Waals surface area contributed by atoms with Gasteiger partial charge in [-0.2, -0.15) is 0 Å². The van der Waals surface area contributed by atoms with Gasteiger partial charge in [-0.15, -0.1) is 0 Å². The molecule has 3 rings (SSSR count). The molecule has 1 aliphatic rings. The molecule has 21 heavy (non-hydrogen) atoms. The lowest BCUT2D eigenvalue weighted by atomic mass is 9.91. The van der Waals surface area contributed by atoms with Gasteiger partial charge in [0, 0.05) is 11.8 Å². The summed E-state index contributed by atoms with van der Waals surface area (Å²) >= 11 is 0. The summed E-state index contributed by atoms with van der Waals surface area (Å²) in [5.74, 6) is 0.212. The predicted octanol–water partition coefficient (Wildman–Crippen LogP) is 3.08. The molecule has 2 aromatic rings. The predicted molar refractivity (Wildman–Crippen MR) is 82.7 cm³/mol. The molecule has 0 saturated heterocycles. The fourth-order valence-electron chi connectivity index (χ4n) is 2.36. The normalized spacial score (nSPS) is 19.6. The fraction of sp³-hybridized carbons (Fsp3) is 0.0556. The molecule has 2 N–H and O–H groups in total. The first-order valence-electron chi connectivity index (χ1n) is 6.73. The van der Waals surface area contributed by atoms with Crippen molar-refractivity contribution in [3.05, 3.63) is 89.8 Å². The minimum Gasteiger partial charge on any atom is -0.508 e. The van der Waals surface area contributed by atoms with E-state index in [1.54, 1.807) is 24.4 Å². The number of aliphatic hydroxyl groups is 1. The molecule has 3 nitrogen and oxygen atoms in total. The topological polar surface area (TPSA) is 53.4 Å². The largest absolute Gasteiger partial charge is 0.508 e. The number of hydrogen-bond donors (Lipinski definition) is 2. The number of aromatic nitrogens is 1. The van der Waals surface area contributed by atoms with Crippen LogP contribution in [0.3, 0.4) is 0 Å². The lowest BCUT2D eigenvalue weighted by molar-refractivity contribution is 0.263. The van der Waals surface area contributed by atoms with Crippen molar-refractivity contribution < 1.29 is 10.2 Å². The van der Waals surface area contributed by atoms with E-state index in [1.807, 2.05) is 48.6 Å². The summed E-state index contributed by atoms with van der Waals surface area (Å²) in [4.78, 5) is 4.40. The van der Waals surface area contributed by atoms with Crippen LogP contribution in [0.4, 0.5) is 0 Å². The van der Waals surface area contributed by atoms with E-state index in [9.17, 15) is 10.2 Å². The minimum absolute atomic E-state index is 0.212. The Balaban J connectivity index is 2.21. The number of nitrogens with zero attached hydrogens (tertiary/aromatic N) is 1. The zero-order valence-corrected chi connectivity index (χ0v) is 11.3. The Morgan fingerprint density at radius 2 is 1.81 bits per heavy atom. The highest BCUT2D eigenvalue weighted by Crippen LogP contribution is 2.30. The zero-order valence-electron chi connectivity index (χ0n) is 11.3. The molecule has 0 amide bonds. The van der Waals surface area contributed by atoms with E-state index < -0.39 is 6.10 Å². The van der Waals surface area contributed by atoms with Gasteiger partial charge in [0.05, 0.1) is 11.8 Å². The van der Waals surface area contributed by atoms with Crippen molar-refractivity contribution in [1.82, 2.24) is 4.98 Å². The number of phenolic OH excluding ortho intramolecular Hbond substituents is 1.